The van der Waals surface area contributed by atoms with Gasteiger partial charge in [0.15, 0.2) is 5.78 Å². The number of carbonyl (C=O) groups is 1. The van der Waals surface area contributed by atoms with Gasteiger partial charge in [-0.25, -0.2) is 9.97 Å². The van der Waals surface area contributed by atoms with E-state index < -0.39 is 0 Å². The maximum Gasteiger partial charge on any atom is 0.195 e. The van der Waals surface area contributed by atoms with Crippen LogP contribution in [0.2, 0.25) is 0 Å². The Labute approximate surface area is 190 Å². The van der Waals surface area contributed by atoms with Crippen LogP contribution in [0.3, 0.4) is 0 Å². The molecule has 8 heteroatoms. The van der Waals surface area contributed by atoms with Crippen LogP contribution in [0, 0.1) is 0 Å². The summed E-state index contributed by atoms with van der Waals surface area (Å²) in [6.45, 7) is 0.489. The molecule has 0 amide bonds. The Morgan fingerprint density at radius 2 is 1.88 bits per heavy atom. The smallest absolute Gasteiger partial charge is 0.195 e. The van der Waals surface area contributed by atoms with Crippen LogP contribution in [0.25, 0.3) is 11.0 Å². The first-order chi connectivity index (χ1) is 16.2. The summed E-state index contributed by atoms with van der Waals surface area (Å²) < 4.78 is 11.5. The van der Waals surface area contributed by atoms with Gasteiger partial charge in [0.05, 0.1) is 36.3 Å². The average Bonchev–Trinajstić information content (AvgIpc) is 3.30. The maximum absolute atomic E-state index is 13.3. The zero-order valence-corrected chi connectivity index (χ0v) is 17.9. The van der Waals surface area contributed by atoms with Gasteiger partial charge < -0.3 is 24.9 Å². The number of hydrogen-bond donors (Lipinski definition) is 3. The van der Waals surface area contributed by atoms with Gasteiger partial charge in [-0.2, -0.15) is 0 Å². The molecule has 3 N–H and O–H groups in total. The number of nitrogens with one attached hydrogen (secondary N) is 2. The summed E-state index contributed by atoms with van der Waals surface area (Å²) in [5, 5.41) is 13.3. The van der Waals surface area contributed by atoms with Gasteiger partial charge in [-0.15, -0.1) is 0 Å². The molecule has 0 unspecified atom stereocenters. The number of aliphatic hydroxyl groups is 1. The fraction of sp³-hybridized carbons (Fsp3) is 0.240. The van der Waals surface area contributed by atoms with Crippen LogP contribution in [0.5, 0.6) is 11.5 Å². The highest BCUT2D eigenvalue weighted by Crippen LogP contribution is 2.28. The second kappa shape index (κ2) is 9.40. The van der Waals surface area contributed by atoms with Gasteiger partial charge in [-0.3, -0.25) is 4.79 Å². The quantitative estimate of drug-likeness (QED) is 0.371. The highest BCUT2D eigenvalue weighted by molar-refractivity contribution is 6.18. The van der Waals surface area contributed by atoms with E-state index in [9.17, 15) is 9.90 Å². The first-order valence-electron chi connectivity index (χ1n) is 10.9. The Kier molecular flexibility index (Phi) is 6.01. The van der Waals surface area contributed by atoms with Crippen LogP contribution in [0.1, 0.15) is 28.8 Å². The lowest BCUT2D eigenvalue weighted by molar-refractivity contribution is -0.0224. The number of H-pyrrole nitrogens is 1. The molecule has 0 spiro atoms. The number of ketones is 1. The minimum atomic E-state index is -0.134. The van der Waals surface area contributed by atoms with Crippen molar-refractivity contribution in [3.8, 4) is 11.5 Å². The van der Waals surface area contributed by atoms with Crippen molar-refractivity contribution < 1.29 is 19.4 Å². The summed E-state index contributed by atoms with van der Waals surface area (Å²) >= 11 is 0. The molecule has 1 fully saturated rings. The SMILES string of the molecule is O=C(c1ccc(Oc2ccccc2)cc1)c1c[nH]c2ncnc(N[C@@H]3CC[C@@H](CO)OC3)c12. The van der Waals surface area contributed by atoms with E-state index in [1.54, 1.807) is 30.5 Å². The maximum atomic E-state index is 13.3. The molecule has 8 nitrogen and oxygen atoms in total. The monoisotopic (exact) mass is 444 g/mol. The number of aromatic amines is 1. The Hall–Kier alpha value is -3.75. The van der Waals surface area contributed by atoms with Gasteiger partial charge in [0.1, 0.15) is 29.3 Å². The predicted molar refractivity (Wildman–Crippen MR) is 124 cm³/mol. The van der Waals surface area contributed by atoms with E-state index in [0.29, 0.717) is 40.3 Å². The first-order valence-corrected chi connectivity index (χ1v) is 10.9. The van der Waals surface area contributed by atoms with Gasteiger partial charge in [-0.05, 0) is 49.2 Å². The Morgan fingerprint density at radius 3 is 2.61 bits per heavy atom. The van der Waals surface area contributed by atoms with E-state index in [2.05, 4.69) is 20.3 Å². The molecule has 0 bridgehead atoms. The summed E-state index contributed by atoms with van der Waals surface area (Å²) in [5.41, 5.74) is 1.62. The van der Waals surface area contributed by atoms with Crippen LogP contribution in [0.15, 0.2) is 67.1 Å². The lowest BCUT2D eigenvalue weighted by atomic mass is 10.0. The minimum Gasteiger partial charge on any atom is -0.457 e. The van der Waals surface area contributed by atoms with Crippen LogP contribution >= 0.6 is 0 Å². The molecule has 33 heavy (non-hydrogen) atoms. The highest BCUT2D eigenvalue weighted by atomic mass is 16.5. The molecule has 1 aliphatic rings. The van der Waals surface area contributed by atoms with E-state index in [0.717, 1.165) is 18.6 Å². The topological polar surface area (TPSA) is 109 Å². The minimum absolute atomic E-state index is 0.0239. The van der Waals surface area contributed by atoms with Gasteiger partial charge in [-0.1, -0.05) is 18.2 Å². The van der Waals surface area contributed by atoms with Crippen molar-refractivity contribution in [2.24, 2.45) is 0 Å². The van der Waals surface area contributed by atoms with E-state index in [1.165, 1.54) is 6.33 Å². The van der Waals surface area contributed by atoms with Crippen molar-refractivity contribution in [3.05, 3.63) is 78.2 Å². The highest BCUT2D eigenvalue weighted by Gasteiger charge is 2.24. The average molecular weight is 444 g/mol. The summed E-state index contributed by atoms with van der Waals surface area (Å²) in [6.07, 6.45) is 4.62. The van der Waals surface area contributed by atoms with Crippen molar-refractivity contribution in [3.63, 3.8) is 0 Å². The number of anilines is 1. The number of aromatic nitrogens is 3. The molecule has 0 aliphatic carbocycles. The van der Waals surface area contributed by atoms with Crippen molar-refractivity contribution in [1.29, 1.82) is 0 Å². The molecular weight excluding hydrogens is 420 g/mol. The van der Waals surface area contributed by atoms with Crippen molar-refractivity contribution in [2.75, 3.05) is 18.5 Å². The molecule has 5 rings (SSSR count). The Bertz CT molecular complexity index is 1230. The number of ether oxygens (including phenoxy) is 2. The first kappa shape index (κ1) is 21.1. The number of carbonyl (C=O) groups excluding carboxylic acids is 1. The molecular formula is C25H24N4O4. The molecule has 2 atom stereocenters. The molecule has 0 radical (unpaired) electrons. The number of nitrogens with zero attached hydrogens (tertiary/aromatic N) is 2. The molecule has 0 saturated carbocycles. The van der Waals surface area contributed by atoms with Crippen molar-refractivity contribution in [1.82, 2.24) is 15.0 Å². The van der Waals surface area contributed by atoms with E-state index in [4.69, 9.17) is 9.47 Å². The third kappa shape index (κ3) is 4.57. The van der Waals surface area contributed by atoms with Crippen LogP contribution < -0.4 is 10.1 Å². The molecule has 1 aliphatic heterocycles. The number of fused-ring (bicyclic) bond motifs is 1. The van der Waals surface area contributed by atoms with Crippen LogP contribution in [-0.2, 0) is 4.74 Å². The fourth-order valence-electron chi connectivity index (χ4n) is 3.96. The second-order valence-corrected chi connectivity index (χ2v) is 7.97. The summed E-state index contributed by atoms with van der Waals surface area (Å²) in [4.78, 5) is 25.1. The lowest BCUT2D eigenvalue weighted by Gasteiger charge is -2.29. The lowest BCUT2D eigenvalue weighted by Crippen LogP contribution is -2.36. The largest absolute Gasteiger partial charge is 0.457 e. The van der Waals surface area contributed by atoms with E-state index in [-0.39, 0.29) is 24.5 Å². The zero-order valence-electron chi connectivity index (χ0n) is 17.9. The molecule has 3 heterocycles. The number of benzene rings is 2. The summed E-state index contributed by atoms with van der Waals surface area (Å²) in [7, 11) is 0. The molecule has 2 aromatic heterocycles. The molecule has 168 valence electrons. The number of aliphatic hydroxyl groups excluding tert-OH is 1. The van der Waals surface area contributed by atoms with Gasteiger partial charge in [0.25, 0.3) is 0 Å². The Morgan fingerprint density at radius 1 is 1.09 bits per heavy atom. The van der Waals surface area contributed by atoms with E-state index in [1.807, 2.05) is 30.3 Å². The van der Waals surface area contributed by atoms with Gasteiger partial charge >= 0.3 is 0 Å². The van der Waals surface area contributed by atoms with Gasteiger partial charge in [0, 0.05) is 11.8 Å². The van der Waals surface area contributed by atoms with Crippen molar-refractivity contribution in [2.45, 2.75) is 25.0 Å². The molecule has 1 saturated heterocycles. The number of para-hydroxylation sites is 1. The fourth-order valence-corrected chi connectivity index (χ4v) is 3.96. The normalized spacial score (nSPS) is 18.2. The van der Waals surface area contributed by atoms with E-state index >= 15 is 0 Å². The number of hydrogen-bond acceptors (Lipinski definition) is 7. The summed E-state index contributed by atoms with van der Waals surface area (Å²) in [5.74, 6) is 1.84. The zero-order chi connectivity index (χ0) is 22.6. The van der Waals surface area contributed by atoms with Crippen molar-refractivity contribution >= 4 is 22.6 Å². The number of rotatable bonds is 7. The third-order valence-corrected chi connectivity index (χ3v) is 5.72. The van der Waals surface area contributed by atoms with Crippen LogP contribution in [0.4, 0.5) is 5.82 Å². The van der Waals surface area contributed by atoms with Gasteiger partial charge in [0.2, 0.25) is 0 Å². The Balaban J connectivity index is 1.36. The summed E-state index contributed by atoms with van der Waals surface area (Å²) in [6, 6.07) is 16.6. The standard InChI is InChI=1S/C25H24N4O4/c30-13-20-11-8-17(14-32-20)29-25-22-21(12-26-24(22)27-15-28-25)23(31)16-6-9-19(10-7-16)33-18-4-2-1-3-5-18/h1-7,9-10,12,15,17,20,30H,8,11,13-14H2,(H2,26,27,28,29)/t17-,20+/m1/s1. The predicted octanol–water partition coefficient (Wildman–Crippen LogP) is 3.93. The third-order valence-electron chi connectivity index (χ3n) is 5.72. The van der Waals surface area contributed by atoms with Crippen LogP contribution in [-0.4, -0.2) is 51.2 Å². The molecule has 4 aromatic rings. The second-order valence-electron chi connectivity index (χ2n) is 7.97. The molecule has 2 aromatic carbocycles.